The molecule has 0 radical (unpaired) electrons. The first-order valence-electron chi connectivity index (χ1n) is 7.46. The van der Waals surface area contributed by atoms with Crippen LogP contribution in [0.15, 0.2) is 6.20 Å². The van der Waals surface area contributed by atoms with Gasteiger partial charge in [0.25, 0.3) is 0 Å². The topological polar surface area (TPSA) is 60.2 Å². The van der Waals surface area contributed by atoms with Crippen molar-refractivity contribution in [2.45, 2.75) is 64.5 Å². The van der Waals surface area contributed by atoms with E-state index in [4.69, 9.17) is 4.74 Å². The maximum atomic E-state index is 12.3. The smallest absolute Gasteiger partial charge is 0.408 e. The van der Waals surface area contributed by atoms with Crippen LogP contribution in [-0.4, -0.2) is 50.2 Å². The van der Waals surface area contributed by atoms with Crippen molar-refractivity contribution in [1.82, 2.24) is 19.9 Å². The molecule has 1 fully saturated rings. The zero-order valence-electron chi connectivity index (χ0n) is 13.4. The number of aromatic nitrogens is 3. The fraction of sp³-hybridized carbons (Fsp3) is 0.786. The molecule has 1 aromatic rings. The molecule has 130 valence electrons. The Labute approximate surface area is 132 Å². The van der Waals surface area contributed by atoms with Gasteiger partial charge >= 0.3 is 12.1 Å². The second-order valence-corrected chi connectivity index (χ2v) is 6.68. The average Bonchev–Trinajstić information content (AvgIpc) is 2.95. The lowest BCUT2D eigenvalue weighted by Crippen LogP contribution is -2.40. The summed E-state index contributed by atoms with van der Waals surface area (Å²) in [5.74, 6) is -0.308. The Bertz CT molecular complexity index is 551. The number of carbonyl (C=O) groups is 1. The first-order valence-corrected chi connectivity index (χ1v) is 7.46. The predicted octanol–water partition coefficient (Wildman–Crippen LogP) is 2.15. The normalized spacial score (nSPS) is 20.0. The van der Waals surface area contributed by atoms with Crippen LogP contribution in [0.25, 0.3) is 0 Å². The molecule has 1 saturated heterocycles. The van der Waals surface area contributed by atoms with E-state index in [1.54, 1.807) is 20.8 Å². The Kier molecular flexibility index (Phi) is 4.98. The molecule has 9 heteroatoms. The lowest BCUT2D eigenvalue weighted by molar-refractivity contribution is -0.160. The van der Waals surface area contributed by atoms with Crippen molar-refractivity contribution in [3.05, 3.63) is 11.9 Å². The van der Waals surface area contributed by atoms with Crippen molar-refractivity contribution >= 4 is 5.97 Å². The van der Waals surface area contributed by atoms with Crippen LogP contribution in [0, 0.1) is 0 Å². The van der Waals surface area contributed by atoms with Gasteiger partial charge in [-0.25, -0.2) is 4.68 Å². The zero-order valence-corrected chi connectivity index (χ0v) is 13.4. The van der Waals surface area contributed by atoms with Crippen molar-refractivity contribution in [2.24, 2.45) is 0 Å². The van der Waals surface area contributed by atoms with Crippen molar-refractivity contribution in [2.75, 3.05) is 6.54 Å². The van der Waals surface area contributed by atoms with E-state index in [2.05, 4.69) is 10.3 Å². The first kappa shape index (κ1) is 17.7. The van der Waals surface area contributed by atoms with Crippen molar-refractivity contribution in [3.8, 4) is 0 Å². The molecule has 1 aliphatic rings. The summed E-state index contributed by atoms with van der Waals surface area (Å²) < 4.78 is 43.1. The highest BCUT2D eigenvalue weighted by molar-refractivity contribution is 5.76. The van der Waals surface area contributed by atoms with E-state index in [9.17, 15) is 18.0 Å². The van der Waals surface area contributed by atoms with Crippen LogP contribution in [0.2, 0.25) is 0 Å². The fourth-order valence-corrected chi connectivity index (χ4v) is 2.53. The minimum absolute atomic E-state index is 0.280. The zero-order chi connectivity index (χ0) is 17.3. The Hall–Kier alpha value is -1.64. The molecule has 0 N–H and O–H groups in total. The highest BCUT2D eigenvalue weighted by Crippen LogP contribution is 2.23. The number of esters is 1. The average molecular weight is 334 g/mol. The van der Waals surface area contributed by atoms with Crippen molar-refractivity contribution < 1.29 is 22.7 Å². The van der Waals surface area contributed by atoms with Gasteiger partial charge in [-0.3, -0.25) is 9.69 Å². The molecule has 0 aliphatic carbocycles. The molecule has 0 aromatic carbocycles. The van der Waals surface area contributed by atoms with Gasteiger partial charge in [0.05, 0.1) is 11.9 Å². The number of hydrogen-bond donors (Lipinski definition) is 0. The molecular formula is C14H21F3N4O2. The number of alkyl halides is 3. The summed E-state index contributed by atoms with van der Waals surface area (Å²) in [7, 11) is 0. The quantitative estimate of drug-likeness (QED) is 0.790. The van der Waals surface area contributed by atoms with Crippen LogP contribution in [0.4, 0.5) is 13.2 Å². The molecule has 0 bridgehead atoms. The van der Waals surface area contributed by atoms with Crippen LogP contribution in [0.3, 0.4) is 0 Å². The summed E-state index contributed by atoms with van der Waals surface area (Å²) in [6.45, 7) is 5.18. The minimum Gasteiger partial charge on any atom is -0.459 e. The van der Waals surface area contributed by atoms with Crippen molar-refractivity contribution in [1.29, 1.82) is 0 Å². The number of likely N-dealkylation sites (tertiary alicyclic amines) is 1. The van der Waals surface area contributed by atoms with Gasteiger partial charge in [0, 0.05) is 6.54 Å². The number of ether oxygens (including phenoxy) is 1. The van der Waals surface area contributed by atoms with Gasteiger partial charge in [0.15, 0.2) is 0 Å². The van der Waals surface area contributed by atoms with Crippen LogP contribution in [0.1, 0.15) is 39.3 Å². The molecule has 2 heterocycles. The highest BCUT2D eigenvalue weighted by Gasteiger charge is 2.34. The van der Waals surface area contributed by atoms with Crippen molar-refractivity contribution in [3.63, 3.8) is 0 Å². The van der Waals surface area contributed by atoms with Gasteiger partial charge in [0.2, 0.25) is 0 Å². The van der Waals surface area contributed by atoms with E-state index in [0.717, 1.165) is 11.1 Å². The van der Waals surface area contributed by atoms with E-state index in [1.807, 2.05) is 4.90 Å². The van der Waals surface area contributed by atoms with Gasteiger partial charge in [-0.15, -0.1) is 5.10 Å². The van der Waals surface area contributed by atoms with E-state index >= 15 is 0 Å². The molecular weight excluding hydrogens is 313 g/mol. The Morgan fingerprint density at radius 3 is 2.70 bits per heavy atom. The number of halogens is 3. The summed E-state index contributed by atoms with van der Waals surface area (Å²) >= 11 is 0. The van der Waals surface area contributed by atoms with Gasteiger partial charge in [-0.1, -0.05) is 5.21 Å². The molecule has 23 heavy (non-hydrogen) atoms. The molecule has 1 atom stereocenters. The van der Waals surface area contributed by atoms with Gasteiger partial charge in [-0.05, 0) is 40.2 Å². The third-order valence-corrected chi connectivity index (χ3v) is 3.33. The summed E-state index contributed by atoms with van der Waals surface area (Å²) in [5, 5.41) is 7.23. The SMILES string of the molecule is CC(C)(C)OC(=O)C1CCCN1Cc1cn(CC(F)(F)F)nn1. The Balaban J connectivity index is 1.97. The molecule has 6 nitrogen and oxygen atoms in total. The lowest BCUT2D eigenvalue weighted by Gasteiger charge is -2.26. The second kappa shape index (κ2) is 6.46. The second-order valence-electron chi connectivity index (χ2n) is 6.68. The molecule has 1 unspecified atom stereocenters. The van der Waals surface area contributed by atoms with Crippen LogP contribution in [-0.2, 0) is 22.6 Å². The Morgan fingerprint density at radius 2 is 2.09 bits per heavy atom. The maximum absolute atomic E-state index is 12.3. The molecule has 1 aromatic heterocycles. The van der Waals surface area contributed by atoms with E-state index in [1.165, 1.54) is 6.20 Å². The Morgan fingerprint density at radius 1 is 1.39 bits per heavy atom. The third-order valence-electron chi connectivity index (χ3n) is 3.33. The monoisotopic (exact) mass is 334 g/mol. The minimum atomic E-state index is -4.34. The predicted molar refractivity (Wildman–Crippen MR) is 75.4 cm³/mol. The molecule has 0 saturated carbocycles. The maximum Gasteiger partial charge on any atom is 0.408 e. The van der Waals surface area contributed by atoms with E-state index < -0.39 is 18.3 Å². The van der Waals surface area contributed by atoms with E-state index in [0.29, 0.717) is 18.7 Å². The first-order chi connectivity index (χ1) is 10.5. The summed E-state index contributed by atoms with van der Waals surface area (Å²) in [4.78, 5) is 14.1. The number of carbonyl (C=O) groups excluding carboxylic acids is 1. The highest BCUT2D eigenvalue weighted by atomic mass is 19.4. The van der Waals surface area contributed by atoms with E-state index in [-0.39, 0.29) is 18.6 Å². The lowest BCUT2D eigenvalue weighted by atomic mass is 10.1. The van der Waals surface area contributed by atoms with Gasteiger partial charge in [-0.2, -0.15) is 13.2 Å². The number of hydrogen-bond acceptors (Lipinski definition) is 5. The largest absolute Gasteiger partial charge is 0.459 e. The summed E-state index contributed by atoms with van der Waals surface area (Å²) in [6.07, 6.45) is -1.57. The standard InChI is InChI=1S/C14H21F3N4O2/c1-13(2,3)23-12(22)11-5-4-6-20(11)7-10-8-21(19-18-10)9-14(15,16)17/h8,11H,4-7,9H2,1-3H3. The number of rotatable bonds is 4. The molecule has 2 rings (SSSR count). The van der Waals surface area contributed by atoms with Gasteiger partial charge < -0.3 is 4.74 Å². The third kappa shape index (κ3) is 5.49. The van der Waals surface area contributed by atoms with Crippen LogP contribution < -0.4 is 0 Å². The van der Waals surface area contributed by atoms with Crippen LogP contribution >= 0.6 is 0 Å². The van der Waals surface area contributed by atoms with Crippen LogP contribution in [0.5, 0.6) is 0 Å². The van der Waals surface area contributed by atoms with Gasteiger partial charge in [0.1, 0.15) is 18.2 Å². The summed E-state index contributed by atoms with van der Waals surface area (Å²) in [5.41, 5.74) is -0.161. The molecule has 0 amide bonds. The summed E-state index contributed by atoms with van der Waals surface area (Å²) in [6, 6.07) is -0.387. The molecule has 0 spiro atoms. The fourth-order valence-electron chi connectivity index (χ4n) is 2.53. The molecule has 1 aliphatic heterocycles. The number of nitrogens with zero attached hydrogens (tertiary/aromatic N) is 4.